The Hall–Kier alpha value is -3.99. The van der Waals surface area contributed by atoms with Gasteiger partial charge in [0, 0.05) is 6.08 Å². The number of rotatable bonds is 8. The summed E-state index contributed by atoms with van der Waals surface area (Å²) in [7, 11) is 4.67. The minimum atomic E-state index is -0.513. The molecular formula is C26H24O5. The van der Waals surface area contributed by atoms with Crippen LogP contribution in [0.3, 0.4) is 0 Å². The Kier molecular flexibility index (Phi) is 7.49. The lowest BCUT2D eigenvalue weighted by Gasteiger charge is -2.09. The Morgan fingerprint density at radius 2 is 1.16 bits per heavy atom. The molecule has 5 heteroatoms. The molecule has 0 aliphatic carbocycles. The first kappa shape index (κ1) is 21.7. The quantitative estimate of drug-likeness (QED) is 0.210. The van der Waals surface area contributed by atoms with Crippen LogP contribution in [-0.2, 0) is 4.79 Å². The first-order valence-electron chi connectivity index (χ1n) is 9.66. The molecule has 0 amide bonds. The van der Waals surface area contributed by atoms with Crippen LogP contribution >= 0.6 is 0 Å². The van der Waals surface area contributed by atoms with Gasteiger partial charge in [0.1, 0.15) is 0 Å². The summed E-state index contributed by atoms with van der Waals surface area (Å²) in [4.78, 5) is 12.3. The molecule has 0 fully saturated rings. The fourth-order valence-corrected chi connectivity index (χ4v) is 2.89. The molecule has 0 aliphatic rings. The van der Waals surface area contributed by atoms with Gasteiger partial charge in [-0.15, -0.1) is 0 Å². The smallest absolute Gasteiger partial charge is 0.336 e. The molecule has 0 aromatic heterocycles. The van der Waals surface area contributed by atoms with Crippen LogP contribution in [0.25, 0.3) is 18.2 Å². The summed E-state index contributed by atoms with van der Waals surface area (Å²) in [5.74, 6) is 1.51. The summed E-state index contributed by atoms with van der Waals surface area (Å²) in [5, 5.41) is 0. The van der Waals surface area contributed by atoms with Crippen molar-refractivity contribution in [3.05, 3.63) is 89.5 Å². The lowest BCUT2D eigenvalue weighted by atomic mass is 10.1. The molecule has 31 heavy (non-hydrogen) atoms. The molecular weight excluding hydrogens is 392 g/mol. The Bertz CT molecular complexity index is 1080. The number of ether oxygens (including phenoxy) is 4. The predicted molar refractivity (Wildman–Crippen MR) is 123 cm³/mol. The van der Waals surface area contributed by atoms with Gasteiger partial charge in [-0.3, -0.25) is 0 Å². The summed E-state index contributed by atoms with van der Waals surface area (Å²) in [6, 6.07) is 20.8. The van der Waals surface area contributed by atoms with Crippen LogP contribution in [-0.4, -0.2) is 27.3 Å². The van der Waals surface area contributed by atoms with E-state index in [9.17, 15) is 4.79 Å². The van der Waals surface area contributed by atoms with Gasteiger partial charge in [-0.2, -0.15) is 0 Å². The number of esters is 1. The van der Waals surface area contributed by atoms with E-state index in [1.165, 1.54) is 13.2 Å². The summed E-state index contributed by atoms with van der Waals surface area (Å²) in [5.41, 5.74) is 2.81. The minimum absolute atomic E-state index is 0.348. The third-order valence-corrected chi connectivity index (χ3v) is 4.49. The maximum Gasteiger partial charge on any atom is 0.336 e. The molecule has 3 rings (SSSR count). The van der Waals surface area contributed by atoms with Gasteiger partial charge in [-0.25, -0.2) is 4.79 Å². The van der Waals surface area contributed by atoms with Gasteiger partial charge < -0.3 is 18.9 Å². The van der Waals surface area contributed by atoms with Crippen molar-refractivity contribution in [3.63, 3.8) is 0 Å². The molecule has 0 radical (unpaired) electrons. The fourth-order valence-electron chi connectivity index (χ4n) is 2.89. The zero-order chi connectivity index (χ0) is 22.1. The second-order valence-corrected chi connectivity index (χ2v) is 6.52. The van der Waals surface area contributed by atoms with E-state index in [1.807, 2.05) is 60.7 Å². The third kappa shape index (κ3) is 6.00. The van der Waals surface area contributed by atoms with Crippen molar-refractivity contribution in [2.75, 3.05) is 21.3 Å². The standard InChI is InChI=1S/C26H24O5/c1-28-22-14-11-21(17-24(22)29-2)13-16-26(27)31-23-15-12-20(18-25(23)30-3)10-9-19-7-5-4-6-8-19/h4-18H,1-3H3/b10-9+,16-13+. The van der Waals surface area contributed by atoms with E-state index >= 15 is 0 Å². The van der Waals surface area contributed by atoms with Crippen molar-refractivity contribution in [1.82, 2.24) is 0 Å². The highest BCUT2D eigenvalue weighted by atomic mass is 16.6. The number of hydrogen-bond donors (Lipinski definition) is 0. The van der Waals surface area contributed by atoms with Crippen LogP contribution < -0.4 is 18.9 Å². The highest BCUT2D eigenvalue weighted by Gasteiger charge is 2.09. The van der Waals surface area contributed by atoms with Gasteiger partial charge in [-0.05, 0) is 47.0 Å². The maximum absolute atomic E-state index is 12.3. The molecule has 0 N–H and O–H groups in total. The average Bonchev–Trinajstić information content (AvgIpc) is 2.82. The normalized spacial score (nSPS) is 10.9. The number of benzene rings is 3. The number of carbonyl (C=O) groups excluding carboxylic acids is 1. The Labute approximate surface area is 182 Å². The molecule has 5 nitrogen and oxygen atoms in total. The zero-order valence-electron chi connectivity index (χ0n) is 17.7. The molecule has 0 aliphatic heterocycles. The first-order chi connectivity index (χ1) is 15.1. The fraction of sp³-hybridized carbons (Fsp3) is 0.115. The van der Waals surface area contributed by atoms with Gasteiger partial charge >= 0.3 is 5.97 Å². The highest BCUT2D eigenvalue weighted by molar-refractivity contribution is 5.89. The molecule has 0 atom stereocenters. The lowest BCUT2D eigenvalue weighted by Crippen LogP contribution is -2.05. The Morgan fingerprint density at radius 1 is 0.613 bits per heavy atom. The average molecular weight is 416 g/mol. The minimum Gasteiger partial charge on any atom is -0.493 e. The van der Waals surface area contributed by atoms with E-state index in [1.54, 1.807) is 38.5 Å². The Balaban J connectivity index is 1.69. The Morgan fingerprint density at radius 3 is 1.81 bits per heavy atom. The van der Waals surface area contributed by atoms with Gasteiger partial charge in [0.2, 0.25) is 0 Å². The number of carbonyl (C=O) groups is 1. The van der Waals surface area contributed by atoms with Crippen LogP contribution in [0.1, 0.15) is 16.7 Å². The number of hydrogen-bond acceptors (Lipinski definition) is 5. The second kappa shape index (κ2) is 10.7. The molecule has 0 saturated carbocycles. The topological polar surface area (TPSA) is 54.0 Å². The molecule has 3 aromatic rings. The summed E-state index contributed by atoms with van der Waals surface area (Å²) in [6.45, 7) is 0. The largest absolute Gasteiger partial charge is 0.493 e. The number of methoxy groups -OCH3 is 3. The molecule has 158 valence electrons. The summed E-state index contributed by atoms with van der Waals surface area (Å²) in [6.07, 6.45) is 6.98. The van der Waals surface area contributed by atoms with E-state index < -0.39 is 5.97 Å². The summed E-state index contributed by atoms with van der Waals surface area (Å²) >= 11 is 0. The maximum atomic E-state index is 12.3. The summed E-state index contributed by atoms with van der Waals surface area (Å²) < 4.78 is 21.3. The third-order valence-electron chi connectivity index (χ3n) is 4.49. The van der Waals surface area contributed by atoms with E-state index in [0.717, 1.165) is 16.7 Å². The van der Waals surface area contributed by atoms with E-state index in [0.29, 0.717) is 23.0 Å². The van der Waals surface area contributed by atoms with E-state index in [2.05, 4.69) is 0 Å². The van der Waals surface area contributed by atoms with Gasteiger partial charge in [0.05, 0.1) is 21.3 Å². The van der Waals surface area contributed by atoms with Gasteiger partial charge in [-0.1, -0.05) is 54.6 Å². The van der Waals surface area contributed by atoms with Crippen LogP contribution in [0, 0.1) is 0 Å². The SMILES string of the molecule is COc1ccc(/C=C/C(=O)Oc2ccc(/C=C/c3ccccc3)cc2OC)cc1OC. The molecule has 0 bridgehead atoms. The van der Waals surface area contributed by atoms with Gasteiger partial charge in [0.15, 0.2) is 23.0 Å². The zero-order valence-corrected chi connectivity index (χ0v) is 17.7. The molecule has 0 saturated heterocycles. The molecule has 3 aromatic carbocycles. The highest BCUT2D eigenvalue weighted by Crippen LogP contribution is 2.30. The van der Waals surface area contributed by atoms with Crippen molar-refractivity contribution in [3.8, 4) is 23.0 Å². The van der Waals surface area contributed by atoms with Crippen molar-refractivity contribution < 1.29 is 23.7 Å². The van der Waals surface area contributed by atoms with Crippen molar-refractivity contribution >= 4 is 24.2 Å². The molecule has 0 unspecified atom stereocenters. The molecule has 0 spiro atoms. The van der Waals surface area contributed by atoms with E-state index in [-0.39, 0.29) is 0 Å². The lowest BCUT2D eigenvalue weighted by molar-refractivity contribution is -0.129. The van der Waals surface area contributed by atoms with Gasteiger partial charge in [0.25, 0.3) is 0 Å². The predicted octanol–water partition coefficient (Wildman–Crippen LogP) is 5.50. The molecule has 0 heterocycles. The van der Waals surface area contributed by atoms with Crippen LogP contribution in [0.5, 0.6) is 23.0 Å². The second-order valence-electron chi connectivity index (χ2n) is 6.52. The van der Waals surface area contributed by atoms with Crippen LogP contribution in [0.4, 0.5) is 0 Å². The van der Waals surface area contributed by atoms with Crippen molar-refractivity contribution in [1.29, 1.82) is 0 Å². The van der Waals surface area contributed by atoms with Crippen LogP contribution in [0.2, 0.25) is 0 Å². The van der Waals surface area contributed by atoms with Crippen molar-refractivity contribution in [2.24, 2.45) is 0 Å². The van der Waals surface area contributed by atoms with Crippen molar-refractivity contribution in [2.45, 2.75) is 0 Å². The first-order valence-corrected chi connectivity index (χ1v) is 9.66. The van der Waals surface area contributed by atoms with Crippen LogP contribution in [0.15, 0.2) is 72.8 Å². The van der Waals surface area contributed by atoms with E-state index in [4.69, 9.17) is 18.9 Å². The monoisotopic (exact) mass is 416 g/mol.